The molecule has 1 heteroatoms. The largest absolute Gasteiger partial charge is 0.325 e. The molecule has 0 spiro atoms. The molecule has 0 bridgehead atoms. The molecule has 0 saturated heterocycles. The molecule has 0 amide bonds. The van der Waals surface area contributed by atoms with E-state index in [-0.39, 0.29) is 5.54 Å². The van der Waals surface area contributed by atoms with Crippen molar-refractivity contribution in [2.45, 2.75) is 161 Å². The van der Waals surface area contributed by atoms with Crippen LogP contribution in [0, 0.1) is 0 Å². The fourth-order valence-electron chi connectivity index (χ4n) is 4.13. The van der Waals surface area contributed by atoms with Gasteiger partial charge in [-0.15, -0.1) is 0 Å². The van der Waals surface area contributed by atoms with Gasteiger partial charge in [0.15, 0.2) is 0 Å². The van der Waals surface area contributed by atoms with E-state index in [1.807, 2.05) is 0 Å². The average molecular weight is 368 g/mol. The van der Waals surface area contributed by atoms with Crippen molar-refractivity contribution in [1.29, 1.82) is 0 Å². The number of hydrogen-bond acceptors (Lipinski definition) is 1. The molecule has 0 atom stereocenters. The Morgan fingerprint density at radius 3 is 1.00 bits per heavy atom. The maximum Gasteiger partial charge on any atom is 0.0154 e. The summed E-state index contributed by atoms with van der Waals surface area (Å²) in [6.07, 6.45) is 28.9. The Labute approximate surface area is 167 Å². The summed E-state index contributed by atoms with van der Waals surface area (Å²) in [7, 11) is 0. The van der Waals surface area contributed by atoms with Crippen LogP contribution >= 0.6 is 0 Å². The van der Waals surface area contributed by atoms with Crippen LogP contribution in [0.2, 0.25) is 0 Å². The number of unbranched alkanes of at least 4 members (excludes halogenated alkanes) is 15. The van der Waals surface area contributed by atoms with Gasteiger partial charge >= 0.3 is 0 Å². The minimum Gasteiger partial charge on any atom is -0.325 e. The van der Waals surface area contributed by atoms with Crippen molar-refractivity contribution in [2.75, 3.05) is 0 Å². The minimum absolute atomic E-state index is 0.139. The zero-order valence-electron chi connectivity index (χ0n) is 18.9. The van der Waals surface area contributed by atoms with Gasteiger partial charge in [-0.3, -0.25) is 0 Å². The molecule has 0 radical (unpaired) electrons. The highest BCUT2D eigenvalue weighted by molar-refractivity contribution is 4.83. The van der Waals surface area contributed by atoms with Crippen LogP contribution in [0.15, 0.2) is 0 Å². The maximum absolute atomic E-state index is 6.85. The molecule has 0 unspecified atom stereocenters. The van der Waals surface area contributed by atoms with E-state index in [0.717, 1.165) is 0 Å². The SMILES string of the molecule is CCCCCCCCCCC(N)(CCCC)CCCCCCCCCC. The first kappa shape index (κ1) is 26.0. The molecule has 0 aliphatic rings. The van der Waals surface area contributed by atoms with Crippen molar-refractivity contribution in [3.05, 3.63) is 0 Å². The molecular formula is C25H53N. The Morgan fingerprint density at radius 1 is 0.385 bits per heavy atom. The molecule has 26 heavy (non-hydrogen) atoms. The second-order valence-electron chi connectivity index (χ2n) is 8.92. The Hall–Kier alpha value is -0.0400. The maximum atomic E-state index is 6.85. The zero-order chi connectivity index (χ0) is 19.3. The van der Waals surface area contributed by atoms with Crippen molar-refractivity contribution in [1.82, 2.24) is 0 Å². The second kappa shape index (κ2) is 19.7. The summed E-state index contributed by atoms with van der Waals surface area (Å²) in [6, 6.07) is 0. The normalized spacial score (nSPS) is 12.0. The lowest BCUT2D eigenvalue weighted by atomic mass is 9.83. The van der Waals surface area contributed by atoms with Gasteiger partial charge in [-0.05, 0) is 19.3 Å². The second-order valence-corrected chi connectivity index (χ2v) is 8.92. The predicted molar refractivity (Wildman–Crippen MR) is 121 cm³/mol. The van der Waals surface area contributed by atoms with Gasteiger partial charge in [0.1, 0.15) is 0 Å². The first-order valence-corrected chi connectivity index (χ1v) is 12.5. The van der Waals surface area contributed by atoms with E-state index in [0.29, 0.717) is 0 Å². The summed E-state index contributed by atoms with van der Waals surface area (Å²) in [5, 5.41) is 0. The van der Waals surface area contributed by atoms with Crippen LogP contribution in [0.25, 0.3) is 0 Å². The molecule has 0 saturated carbocycles. The lowest BCUT2D eigenvalue weighted by Gasteiger charge is -2.30. The molecule has 0 aliphatic heterocycles. The fourth-order valence-corrected chi connectivity index (χ4v) is 4.13. The van der Waals surface area contributed by atoms with E-state index in [1.54, 1.807) is 0 Å². The van der Waals surface area contributed by atoms with Gasteiger partial charge in [0.2, 0.25) is 0 Å². The van der Waals surface area contributed by atoms with Gasteiger partial charge in [-0.1, -0.05) is 136 Å². The Morgan fingerprint density at radius 2 is 0.654 bits per heavy atom. The van der Waals surface area contributed by atoms with Crippen molar-refractivity contribution >= 4 is 0 Å². The monoisotopic (exact) mass is 367 g/mol. The van der Waals surface area contributed by atoms with Gasteiger partial charge in [-0.2, -0.15) is 0 Å². The third-order valence-electron chi connectivity index (χ3n) is 6.08. The van der Waals surface area contributed by atoms with E-state index in [4.69, 9.17) is 5.73 Å². The predicted octanol–water partition coefficient (Wildman–Crippen LogP) is 8.94. The number of nitrogens with two attached hydrogens (primary N) is 1. The molecule has 0 aliphatic carbocycles. The molecule has 0 rings (SSSR count). The smallest absolute Gasteiger partial charge is 0.0154 e. The van der Waals surface area contributed by atoms with Gasteiger partial charge in [0.05, 0.1) is 0 Å². The highest BCUT2D eigenvalue weighted by atomic mass is 14.7. The minimum atomic E-state index is 0.139. The summed E-state index contributed by atoms with van der Waals surface area (Å²) in [6.45, 7) is 6.89. The van der Waals surface area contributed by atoms with Crippen molar-refractivity contribution in [3.8, 4) is 0 Å². The highest BCUT2D eigenvalue weighted by Crippen LogP contribution is 2.26. The van der Waals surface area contributed by atoms with Crippen LogP contribution in [0.4, 0.5) is 0 Å². The Bertz CT molecular complexity index is 241. The van der Waals surface area contributed by atoms with E-state index >= 15 is 0 Å². The lowest BCUT2D eigenvalue weighted by molar-refractivity contribution is 0.305. The third-order valence-corrected chi connectivity index (χ3v) is 6.08. The molecule has 158 valence electrons. The third kappa shape index (κ3) is 17.4. The lowest BCUT2D eigenvalue weighted by Crippen LogP contribution is -2.39. The zero-order valence-corrected chi connectivity index (χ0v) is 18.9. The quantitative estimate of drug-likeness (QED) is 0.201. The van der Waals surface area contributed by atoms with Crippen LogP contribution in [-0.2, 0) is 0 Å². The Balaban J connectivity index is 3.78. The molecule has 0 fully saturated rings. The summed E-state index contributed by atoms with van der Waals surface area (Å²) in [5.74, 6) is 0. The molecule has 0 heterocycles. The van der Waals surface area contributed by atoms with E-state index in [2.05, 4.69) is 20.8 Å². The first-order valence-electron chi connectivity index (χ1n) is 12.5. The molecule has 0 aromatic rings. The highest BCUT2D eigenvalue weighted by Gasteiger charge is 2.23. The molecule has 2 N–H and O–H groups in total. The van der Waals surface area contributed by atoms with Crippen LogP contribution in [0.3, 0.4) is 0 Å². The standard InChI is InChI=1S/C25H53N/c1-4-7-10-12-14-16-18-20-23-25(26,22-9-6-3)24-21-19-17-15-13-11-8-5-2/h4-24,26H2,1-3H3. The summed E-state index contributed by atoms with van der Waals surface area (Å²) < 4.78 is 0. The topological polar surface area (TPSA) is 26.0 Å². The van der Waals surface area contributed by atoms with Gasteiger partial charge in [0, 0.05) is 5.54 Å². The van der Waals surface area contributed by atoms with Crippen molar-refractivity contribution < 1.29 is 0 Å². The molecule has 0 aromatic carbocycles. The van der Waals surface area contributed by atoms with Gasteiger partial charge in [-0.25, -0.2) is 0 Å². The molecule has 1 nitrogen and oxygen atoms in total. The number of hydrogen-bond donors (Lipinski definition) is 1. The fraction of sp³-hybridized carbons (Fsp3) is 1.00. The van der Waals surface area contributed by atoms with Gasteiger partial charge < -0.3 is 5.73 Å². The van der Waals surface area contributed by atoms with Gasteiger partial charge in [0.25, 0.3) is 0 Å². The molecular weight excluding hydrogens is 314 g/mol. The van der Waals surface area contributed by atoms with Crippen LogP contribution in [0.1, 0.15) is 156 Å². The first-order chi connectivity index (χ1) is 12.7. The van der Waals surface area contributed by atoms with E-state index in [9.17, 15) is 0 Å². The van der Waals surface area contributed by atoms with Crippen molar-refractivity contribution in [3.63, 3.8) is 0 Å². The summed E-state index contributed by atoms with van der Waals surface area (Å²) in [5.41, 5.74) is 6.98. The van der Waals surface area contributed by atoms with Crippen LogP contribution in [-0.4, -0.2) is 5.54 Å². The molecule has 0 aromatic heterocycles. The van der Waals surface area contributed by atoms with Crippen LogP contribution < -0.4 is 5.73 Å². The Kier molecular flexibility index (Phi) is 19.7. The summed E-state index contributed by atoms with van der Waals surface area (Å²) >= 11 is 0. The average Bonchev–Trinajstić information content (AvgIpc) is 2.64. The van der Waals surface area contributed by atoms with E-state index < -0.39 is 0 Å². The van der Waals surface area contributed by atoms with Crippen LogP contribution in [0.5, 0.6) is 0 Å². The van der Waals surface area contributed by atoms with Crippen molar-refractivity contribution in [2.24, 2.45) is 5.73 Å². The van der Waals surface area contributed by atoms with E-state index in [1.165, 1.54) is 135 Å². The summed E-state index contributed by atoms with van der Waals surface area (Å²) in [4.78, 5) is 0. The number of rotatable bonds is 21.